The highest BCUT2D eigenvalue weighted by molar-refractivity contribution is 5.52. The first-order chi connectivity index (χ1) is 9.85. The van der Waals surface area contributed by atoms with Gasteiger partial charge < -0.3 is 14.2 Å². The summed E-state index contributed by atoms with van der Waals surface area (Å²) in [6, 6.07) is 5.99. The Labute approximate surface area is 119 Å². The highest BCUT2D eigenvalue weighted by atomic mass is 16.5. The average Bonchev–Trinajstić information content (AvgIpc) is 3.18. The number of nitrogens with zero attached hydrogens (tertiary/aromatic N) is 1. The summed E-state index contributed by atoms with van der Waals surface area (Å²) in [5.74, 6) is 0.807. The second-order valence-electron chi connectivity index (χ2n) is 5.26. The van der Waals surface area contributed by atoms with E-state index >= 15 is 0 Å². The van der Waals surface area contributed by atoms with Gasteiger partial charge in [-0.15, -0.1) is 0 Å². The first kappa shape index (κ1) is 13.4. The van der Waals surface area contributed by atoms with Gasteiger partial charge in [0, 0.05) is 24.3 Å². The molecule has 2 aliphatic rings. The fourth-order valence-electron chi connectivity index (χ4n) is 3.18. The van der Waals surface area contributed by atoms with Crippen LogP contribution in [0.1, 0.15) is 54.6 Å². The number of ether oxygens (including phenoxy) is 3. The number of hydrogen-bond donors (Lipinski definition) is 0. The SMILES string of the molecule is COc1ccc(C#N)c(C2CCCO2)c1C1CCCO1. The molecule has 0 spiro atoms. The van der Waals surface area contributed by atoms with Gasteiger partial charge in [0.1, 0.15) is 5.75 Å². The summed E-state index contributed by atoms with van der Waals surface area (Å²) >= 11 is 0. The van der Waals surface area contributed by atoms with Crippen molar-refractivity contribution in [2.45, 2.75) is 37.9 Å². The molecular weight excluding hydrogens is 254 g/mol. The molecule has 1 aromatic rings. The van der Waals surface area contributed by atoms with Crippen LogP contribution in [0.15, 0.2) is 12.1 Å². The first-order valence-corrected chi connectivity index (χ1v) is 7.19. The maximum absolute atomic E-state index is 9.42. The highest BCUT2D eigenvalue weighted by Gasteiger charge is 2.31. The van der Waals surface area contributed by atoms with Gasteiger partial charge in [0.25, 0.3) is 0 Å². The van der Waals surface area contributed by atoms with Gasteiger partial charge in [-0.3, -0.25) is 0 Å². The number of nitriles is 1. The zero-order valence-corrected chi connectivity index (χ0v) is 11.7. The minimum atomic E-state index is -0.000972. The van der Waals surface area contributed by atoms with Gasteiger partial charge in [0.2, 0.25) is 0 Å². The predicted octanol–water partition coefficient (Wildman–Crippen LogP) is 3.27. The molecule has 3 rings (SSSR count). The van der Waals surface area contributed by atoms with Crippen molar-refractivity contribution in [3.63, 3.8) is 0 Å². The minimum Gasteiger partial charge on any atom is -0.496 e. The van der Waals surface area contributed by atoms with Gasteiger partial charge in [-0.05, 0) is 37.8 Å². The maximum atomic E-state index is 9.42. The van der Waals surface area contributed by atoms with Crippen LogP contribution in [0.2, 0.25) is 0 Å². The number of methoxy groups -OCH3 is 1. The van der Waals surface area contributed by atoms with Crippen LogP contribution in [0.25, 0.3) is 0 Å². The summed E-state index contributed by atoms with van der Waals surface area (Å²) in [5, 5.41) is 9.42. The summed E-state index contributed by atoms with van der Waals surface area (Å²) in [6.45, 7) is 1.53. The van der Waals surface area contributed by atoms with Crippen LogP contribution in [-0.4, -0.2) is 20.3 Å². The first-order valence-electron chi connectivity index (χ1n) is 7.19. The summed E-state index contributed by atoms with van der Waals surface area (Å²) in [4.78, 5) is 0. The minimum absolute atomic E-state index is 0.000972. The van der Waals surface area contributed by atoms with Crippen molar-refractivity contribution in [1.82, 2.24) is 0 Å². The van der Waals surface area contributed by atoms with Gasteiger partial charge in [-0.2, -0.15) is 5.26 Å². The average molecular weight is 273 g/mol. The smallest absolute Gasteiger partial charge is 0.125 e. The lowest BCUT2D eigenvalue weighted by molar-refractivity contribution is 0.0921. The summed E-state index contributed by atoms with van der Waals surface area (Å²) in [7, 11) is 1.67. The van der Waals surface area contributed by atoms with Crippen molar-refractivity contribution in [3.8, 4) is 11.8 Å². The monoisotopic (exact) mass is 273 g/mol. The molecule has 0 bridgehead atoms. The largest absolute Gasteiger partial charge is 0.496 e. The molecule has 0 aliphatic carbocycles. The molecule has 2 aliphatic heterocycles. The second-order valence-corrected chi connectivity index (χ2v) is 5.26. The molecule has 0 radical (unpaired) electrons. The Kier molecular flexibility index (Phi) is 3.90. The molecule has 0 amide bonds. The summed E-state index contributed by atoms with van der Waals surface area (Å²) in [5.41, 5.74) is 2.69. The molecule has 0 aromatic heterocycles. The number of rotatable bonds is 3. The van der Waals surface area contributed by atoms with E-state index < -0.39 is 0 Å². The van der Waals surface area contributed by atoms with E-state index in [4.69, 9.17) is 14.2 Å². The van der Waals surface area contributed by atoms with Crippen LogP contribution in [0.3, 0.4) is 0 Å². The highest BCUT2D eigenvalue weighted by Crippen LogP contribution is 2.43. The van der Waals surface area contributed by atoms with E-state index in [0.717, 1.165) is 55.8 Å². The van der Waals surface area contributed by atoms with Crippen LogP contribution in [-0.2, 0) is 9.47 Å². The third-order valence-corrected chi connectivity index (χ3v) is 4.09. The zero-order valence-electron chi connectivity index (χ0n) is 11.7. The van der Waals surface area contributed by atoms with Crippen LogP contribution >= 0.6 is 0 Å². The molecule has 106 valence electrons. The number of benzene rings is 1. The normalized spacial score (nSPS) is 25.6. The Balaban J connectivity index is 2.13. The van der Waals surface area contributed by atoms with Gasteiger partial charge in [0.15, 0.2) is 0 Å². The molecule has 1 aromatic carbocycles. The van der Waals surface area contributed by atoms with E-state index in [-0.39, 0.29) is 12.2 Å². The van der Waals surface area contributed by atoms with Gasteiger partial charge in [-0.25, -0.2) is 0 Å². The lowest BCUT2D eigenvalue weighted by atomic mass is 9.90. The fourth-order valence-corrected chi connectivity index (χ4v) is 3.18. The fraction of sp³-hybridized carbons (Fsp3) is 0.562. The molecule has 0 saturated carbocycles. The molecule has 0 N–H and O–H groups in total. The van der Waals surface area contributed by atoms with Crippen molar-refractivity contribution in [1.29, 1.82) is 5.26 Å². The Morgan fingerprint density at radius 2 is 1.75 bits per heavy atom. The molecule has 2 unspecified atom stereocenters. The van der Waals surface area contributed by atoms with E-state index in [9.17, 15) is 5.26 Å². The maximum Gasteiger partial charge on any atom is 0.125 e. The molecule has 2 fully saturated rings. The van der Waals surface area contributed by atoms with Crippen LogP contribution in [0, 0.1) is 11.3 Å². The van der Waals surface area contributed by atoms with Crippen molar-refractivity contribution >= 4 is 0 Å². The lowest BCUT2D eigenvalue weighted by Crippen LogP contribution is -2.10. The van der Waals surface area contributed by atoms with Crippen molar-refractivity contribution in [3.05, 3.63) is 28.8 Å². The quantitative estimate of drug-likeness (QED) is 0.848. The van der Waals surface area contributed by atoms with E-state index in [2.05, 4.69) is 6.07 Å². The van der Waals surface area contributed by atoms with Crippen LogP contribution < -0.4 is 4.74 Å². The topological polar surface area (TPSA) is 51.5 Å². The standard InChI is InChI=1S/C16H19NO3/c1-18-12-7-6-11(10-17)15(13-4-2-8-19-13)16(12)14-5-3-9-20-14/h6-7,13-14H,2-5,8-9H2,1H3. The molecule has 2 saturated heterocycles. The predicted molar refractivity (Wildman–Crippen MR) is 73.6 cm³/mol. The lowest BCUT2D eigenvalue weighted by Gasteiger charge is -2.23. The Morgan fingerprint density at radius 3 is 2.25 bits per heavy atom. The van der Waals surface area contributed by atoms with E-state index in [0.29, 0.717) is 5.56 Å². The van der Waals surface area contributed by atoms with Crippen molar-refractivity contribution in [2.24, 2.45) is 0 Å². The molecule has 2 atom stereocenters. The second kappa shape index (κ2) is 5.82. The van der Waals surface area contributed by atoms with Gasteiger partial charge in [0.05, 0.1) is 31.0 Å². The Bertz CT molecular complexity index is 523. The van der Waals surface area contributed by atoms with Crippen LogP contribution in [0.4, 0.5) is 0 Å². The molecular formula is C16H19NO3. The number of hydrogen-bond acceptors (Lipinski definition) is 4. The van der Waals surface area contributed by atoms with E-state index in [1.165, 1.54) is 0 Å². The molecule has 4 nitrogen and oxygen atoms in total. The van der Waals surface area contributed by atoms with Gasteiger partial charge >= 0.3 is 0 Å². The Morgan fingerprint density at radius 1 is 1.10 bits per heavy atom. The van der Waals surface area contributed by atoms with E-state index in [1.807, 2.05) is 12.1 Å². The zero-order chi connectivity index (χ0) is 13.9. The van der Waals surface area contributed by atoms with Gasteiger partial charge in [-0.1, -0.05) is 0 Å². The summed E-state index contributed by atoms with van der Waals surface area (Å²) < 4.78 is 17.2. The Hall–Kier alpha value is -1.57. The third kappa shape index (κ3) is 2.28. The third-order valence-electron chi connectivity index (χ3n) is 4.09. The summed E-state index contributed by atoms with van der Waals surface area (Å²) in [6.07, 6.45) is 4.05. The van der Waals surface area contributed by atoms with Crippen molar-refractivity contribution < 1.29 is 14.2 Å². The molecule has 2 heterocycles. The molecule has 20 heavy (non-hydrogen) atoms. The van der Waals surface area contributed by atoms with Crippen LogP contribution in [0.5, 0.6) is 5.75 Å². The van der Waals surface area contributed by atoms with E-state index in [1.54, 1.807) is 7.11 Å². The van der Waals surface area contributed by atoms with Crippen molar-refractivity contribution in [2.75, 3.05) is 20.3 Å². The molecule has 4 heteroatoms.